The van der Waals surface area contributed by atoms with Gasteiger partial charge in [-0.1, -0.05) is 31.9 Å². The molecule has 3 atom stereocenters. The number of nitrogens with two attached hydrogens (primary N) is 1. The first kappa shape index (κ1) is 14.3. The number of rotatable bonds is 4. The molecule has 0 saturated heterocycles. The van der Waals surface area contributed by atoms with Gasteiger partial charge in [0.05, 0.1) is 0 Å². The van der Waals surface area contributed by atoms with Crippen LogP contribution in [0.1, 0.15) is 44.2 Å². The zero-order valence-corrected chi connectivity index (χ0v) is 11.2. The van der Waals surface area contributed by atoms with E-state index in [2.05, 4.69) is 11.7 Å². The molecule has 1 aromatic rings. The first-order chi connectivity index (χ1) is 9.06. The van der Waals surface area contributed by atoms with Crippen molar-refractivity contribution < 1.29 is 13.5 Å². The second-order valence-corrected chi connectivity index (χ2v) is 5.51. The normalized spacial score (nSPS) is 25.3. The maximum absolute atomic E-state index is 12.2. The number of ether oxygens (including phenoxy) is 1. The second kappa shape index (κ2) is 6.33. The summed E-state index contributed by atoms with van der Waals surface area (Å²) in [4.78, 5) is 0. The van der Waals surface area contributed by atoms with E-state index in [-0.39, 0.29) is 11.8 Å². The van der Waals surface area contributed by atoms with Crippen molar-refractivity contribution in [2.45, 2.75) is 45.3 Å². The fraction of sp³-hybridized carbons (Fsp3) is 0.600. The smallest absolute Gasteiger partial charge is 0.387 e. The minimum Gasteiger partial charge on any atom is -0.435 e. The zero-order chi connectivity index (χ0) is 13.8. The SMILES string of the molecule is CC1CCCC(C(N)c2cccc(OC(F)F)c2)C1. The molecular formula is C15H21F2NO. The molecule has 0 radical (unpaired) electrons. The third kappa shape index (κ3) is 3.90. The summed E-state index contributed by atoms with van der Waals surface area (Å²) in [5.74, 6) is 1.32. The summed E-state index contributed by atoms with van der Waals surface area (Å²) in [5.41, 5.74) is 7.17. The first-order valence-electron chi connectivity index (χ1n) is 6.86. The van der Waals surface area contributed by atoms with Crippen LogP contribution in [0.2, 0.25) is 0 Å². The van der Waals surface area contributed by atoms with Crippen molar-refractivity contribution in [1.29, 1.82) is 0 Å². The van der Waals surface area contributed by atoms with Gasteiger partial charge >= 0.3 is 6.61 Å². The first-order valence-corrected chi connectivity index (χ1v) is 6.86. The molecule has 0 heterocycles. The van der Waals surface area contributed by atoms with E-state index in [0.717, 1.165) is 18.4 Å². The van der Waals surface area contributed by atoms with Gasteiger partial charge in [0.1, 0.15) is 5.75 Å². The van der Waals surface area contributed by atoms with Crippen LogP contribution >= 0.6 is 0 Å². The third-order valence-corrected chi connectivity index (χ3v) is 3.95. The zero-order valence-electron chi connectivity index (χ0n) is 11.2. The monoisotopic (exact) mass is 269 g/mol. The summed E-state index contributed by atoms with van der Waals surface area (Å²) < 4.78 is 28.8. The lowest BCUT2D eigenvalue weighted by atomic mass is 9.77. The van der Waals surface area contributed by atoms with Crippen LogP contribution in [-0.4, -0.2) is 6.61 Å². The van der Waals surface area contributed by atoms with Crippen LogP contribution in [0, 0.1) is 11.8 Å². The quantitative estimate of drug-likeness (QED) is 0.892. The lowest BCUT2D eigenvalue weighted by Gasteiger charge is -2.31. The Hall–Kier alpha value is -1.16. The van der Waals surface area contributed by atoms with Gasteiger partial charge in [-0.3, -0.25) is 0 Å². The van der Waals surface area contributed by atoms with Crippen molar-refractivity contribution in [3.8, 4) is 5.75 Å². The van der Waals surface area contributed by atoms with E-state index in [1.165, 1.54) is 18.9 Å². The van der Waals surface area contributed by atoms with Crippen LogP contribution in [0.15, 0.2) is 24.3 Å². The molecule has 106 valence electrons. The molecule has 3 unspecified atom stereocenters. The highest BCUT2D eigenvalue weighted by Gasteiger charge is 2.25. The summed E-state index contributed by atoms with van der Waals surface area (Å²) in [7, 11) is 0. The van der Waals surface area contributed by atoms with Gasteiger partial charge in [0.15, 0.2) is 0 Å². The van der Waals surface area contributed by atoms with E-state index in [1.807, 2.05) is 6.07 Å². The molecule has 2 N–H and O–H groups in total. The van der Waals surface area contributed by atoms with Crippen molar-refractivity contribution in [1.82, 2.24) is 0 Å². The Balaban J connectivity index is 2.07. The van der Waals surface area contributed by atoms with Gasteiger partial charge < -0.3 is 10.5 Å². The Morgan fingerprint density at radius 1 is 1.32 bits per heavy atom. The number of hydrogen-bond acceptors (Lipinski definition) is 2. The Morgan fingerprint density at radius 2 is 2.11 bits per heavy atom. The third-order valence-electron chi connectivity index (χ3n) is 3.95. The van der Waals surface area contributed by atoms with Crippen molar-refractivity contribution in [2.75, 3.05) is 0 Å². The van der Waals surface area contributed by atoms with E-state index < -0.39 is 6.61 Å². The van der Waals surface area contributed by atoms with Crippen molar-refractivity contribution in [3.63, 3.8) is 0 Å². The molecular weight excluding hydrogens is 248 g/mol. The van der Waals surface area contributed by atoms with Crippen LogP contribution in [0.4, 0.5) is 8.78 Å². The average molecular weight is 269 g/mol. The van der Waals surface area contributed by atoms with Gasteiger partial charge in [0.2, 0.25) is 0 Å². The fourth-order valence-corrected chi connectivity index (χ4v) is 2.98. The maximum Gasteiger partial charge on any atom is 0.387 e. The topological polar surface area (TPSA) is 35.2 Å². The molecule has 1 saturated carbocycles. The molecule has 0 bridgehead atoms. The minimum absolute atomic E-state index is 0.0935. The Morgan fingerprint density at radius 3 is 2.79 bits per heavy atom. The molecule has 0 amide bonds. The van der Waals surface area contributed by atoms with Gasteiger partial charge in [-0.25, -0.2) is 0 Å². The Kier molecular flexibility index (Phi) is 4.75. The average Bonchev–Trinajstić information content (AvgIpc) is 2.37. The van der Waals surface area contributed by atoms with Crippen molar-refractivity contribution in [3.05, 3.63) is 29.8 Å². The summed E-state index contributed by atoms with van der Waals surface area (Å²) in [6.07, 6.45) is 4.69. The molecule has 2 rings (SSSR count). The molecule has 1 fully saturated rings. The number of benzene rings is 1. The van der Waals surface area contributed by atoms with Gasteiger partial charge in [0, 0.05) is 6.04 Å². The molecule has 1 aromatic carbocycles. The molecule has 2 nitrogen and oxygen atoms in total. The van der Waals surface area contributed by atoms with Gasteiger partial charge in [0.25, 0.3) is 0 Å². The van der Waals surface area contributed by atoms with Crippen LogP contribution in [0.25, 0.3) is 0 Å². The molecule has 0 aromatic heterocycles. The highest BCUT2D eigenvalue weighted by atomic mass is 19.3. The standard InChI is InChI=1S/C15H21F2NO/c1-10-4-2-5-11(8-10)14(18)12-6-3-7-13(9-12)19-15(16)17/h3,6-7,9-11,14-15H,2,4-5,8,18H2,1H3. The predicted molar refractivity (Wildman–Crippen MR) is 71.1 cm³/mol. The maximum atomic E-state index is 12.2. The molecule has 0 aliphatic heterocycles. The molecule has 4 heteroatoms. The van der Waals surface area contributed by atoms with Crippen molar-refractivity contribution >= 4 is 0 Å². The van der Waals surface area contributed by atoms with E-state index in [9.17, 15) is 8.78 Å². The van der Waals surface area contributed by atoms with E-state index in [1.54, 1.807) is 12.1 Å². The lowest BCUT2D eigenvalue weighted by Crippen LogP contribution is -2.26. The molecule has 1 aliphatic carbocycles. The highest BCUT2D eigenvalue weighted by Crippen LogP contribution is 2.36. The molecule has 0 spiro atoms. The lowest BCUT2D eigenvalue weighted by molar-refractivity contribution is -0.0499. The Labute approximate surface area is 112 Å². The van der Waals surface area contributed by atoms with Gasteiger partial charge in [-0.2, -0.15) is 8.78 Å². The van der Waals surface area contributed by atoms with Gasteiger partial charge in [-0.15, -0.1) is 0 Å². The Bertz CT molecular complexity index is 411. The summed E-state index contributed by atoms with van der Waals surface area (Å²) in [5, 5.41) is 0. The molecule has 1 aliphatic rings. The van der Waals surface area contributed by atoms with Crippen molar-refractivity contribution in [2.24, 2.45) is 17.6 Å². The number of alkyl halides is 2. The molecule has 19 heavy (non-hydrogen) atoms. The summed E-state index contributed by atoms with van der Waals surface area (Å²) in [6, 6.07) is 6.69. The van der Waals surface area contributed by atoms with E-state index in [0.29, 0.717) is 11.8 Å². The minimum atomic E-state index is -2.79. The number of halogens is 2. The van der Waals surface area contributed by atoms with E-state index >= 15 is 0 Å². The largest absolute Gasteiger partial charge is 0.435 e. The fourth-order valence-electron chi connectivity index (χ4n) is 2.98. The second-order valence-electron chi connectivity index (χ2n) is 5.51. The van der Waals surface area contributed by atoms with Crippen LogP contribution < -0.4 is 10.5 Å². The van der Waals surface area contributed by atoms with E-state index in [4.69, 9.17) is 5.73 Å². The van der Waals surface area contributed by atoms with Crippen LogP contribution in [0.3, 0.4) is 0 Å². The van der Waals surface area contributed by atoms with Crippen LogP contribution in [-0.2, 0) is 0 Å². The van der Waals surface area contributed by atoms with Gasteiger partial charge in [-0.05, 0) is 42.4 Å². The predicted octanol–water partition coefficient (Wildman–Crippen LogP) is 4.11. The summed E-state index contributed by atoms with van der Waals surface area (Å²) >= 11 is 0. The summed E-state index contributed by atoms with van der Waals surface area (Å²) in [6.45, 7) is -0.545. The van der Waals surface area contributed by atoms with Crippen LogP contribution in [0.5, 0.6) is 5.75 Å². The number of hydrogen-bond donors (Lipinski definition) is 1. The highest BCUT2D eigenvalue weighted by molar-refractivity contribution is 5.30.